The monoisotopic (exact) mass is 594 g/mol. The predicted octanol–water partition coefficient (Wildman–Crippen LogP) is 5.20. The maximum absolute atomic E-state index is 13.7. The first-order valence-electron chi connectivity index (χ1n) is 16.3. The van der Waals surface area contributed by atoms with Crippen LogP contribution in [0.5, 0.6) is 0 Å². The van der Waals surface area contributed by atoms with Gasteiger partial charge in [-0.15, -0.1) is 0 Å². The highest BCUT2D eigenvalue weighted by Gasteiger charge is 2.32. The molecule has 6 rings (SSSR count). The van der Waals surface area contributed by atoms with Crippen LogP contribution in [-0.4, -0.2) is 92.1 Å². The van der Waals surface area contributed by atoms with E-state index in [1.165, 1.54) is 17.5 Å². The van der Waals surface area contributed by atoms with Crippen LogP contribution in [0, 0.1) is 0 Å². The lowest BCUT2D eigenvalue weighted by Gasteiger charge is -2.42. The van der Waals surface area contributed by atoms with Gasteiger partial charge in [0.2, 0.25) is 0 Å². The molecule has 0 spiro atoms. The Hall–Kier alpha value is -3.88. The number of anilines is 2. The van der Waals surface area contributed by atoms with Crippen molar-refractivity contribution < 1.29 is 9.59 Å². The van der Waals surface area contributed by atoms with E-state index in [9.17, 15) is 9.59 Å². The van der Waals surface area contributed by atoms with E-state index in [-0.39, 0.29) is 18.0 Å². The molecule has 2 heterocycles. The Morgan fingerprint density at radius 3 is 1.91 bits per heavy atom. The molecule has 3 fully saturated rings. The van der Waals surface area contributed by atoms with Gasteiger partial charge in [0.25, 0.3) is 5.91 Å². The molecule has 3 aliphatic rings. The smallest absolute Gasteiger partial charge is 0.319 e. The van der Waals surface area contributed by atoms with Crippen LogP contribution in [0.25, 0.3) is 0 Å². The third-order valence-electron chi connectivity index (χ3n) is 9.70. The lowest BCUT2D eigenvalue weighted by Crippen LogP contribution is -2.50. The van der Waals surface area contributed by atoms with Crippen molar-refractivity contribution in [2.75, 3.05) is 69.2 Å². The maximum Gasteiger partial charge on any atom is 0.319 e. The molecule has 3 aromatic carbocycles. The summed E-state index contributed by atoms with van der Waals surface area (Å²) in [6.45, 7) is 6.51. The molecule has 2 saturated heterocycles. The number of rotatable bonds is 7. The number of hydrogen-bond acceptors (Lipinski definition) is 5. The van der Waals surface area contributed by atoms with E-state index in [2.05, 4.69) is 88.5 Å². The van der Waals surface area contributed by atoms with Gasteiger partial charge in [-0.2, -0.15) is 0 Å². The zero-order chi connectivity index (χ0) is 30.5. The number of carbonyl (C=O) groups excluding carboxylic acids is 2. The molecule has 3 aromatic rings. The number of hydrogen-bond donors (Lipinski definition) is 1. The van der Waals surface area contributed by atoms with E-state index in [1.54, 1.807) is 4.90 Å². The van der Waals surface area contributed by atoms with E-state index in [1.807, 2.05) is 17.0 Å². The van der Waals surface area contributed by atoms with Crippen molar-refractivity contribution in [3.05, 3.63) is 95.6 Å². The van der Waals surface area contributed by atoms with Gasteiger partial charge in [-0.1, -0.05) is 79.9 Å². The second-order valence-corrected chi connectivity index (χ2v) is 12.5. The number of piperazine rings is 2. The Bertz CT molecular complexity index is 1360. The van der Waals surface area contributed by atoms with Crippen LogP contribution in [0.3, 0.4) is 0 Å². The Kier molecular flexibility index (Phi) is 9.48. The molecule has 0 aromatic heterocycles. The summed E-state index contributed by atoms with van der Waals surface area (Å²) in [5, 5.41) is 0. The first-order chi connectivity index (χ1) is 21.5. The fraction of sp³-hybridized carbons (Fsp3) is 0.444. The summed E-state index contributed by atoms with van der Waals surface area (Å²) in [6.07, 6.45) is 5.22. The van der Waals surface area contributed by atoms with Gasteiger partial charge in [-0.25, -0.2) is 4.79 Å². The molecule has 0 atom stereocenters. The zero-order valence-electron chi connectivity index (χ0n) is 26.0. The number of carbonyl (C=O) groups is 2. The number of likely N-dealkylation sites (N-methyl/N-ethyl adjacent to an activating group) is 1. The van der Waals surface area contributed by atoms with Crippen LogP contribution in [0.15, 0.2) is 78.9 Å². The molecule has 2 N–H and O–H groups in total. The highest BCUT2D eigenvalue weighted by Crippen LogP contribution is 2.37. The molecule has 8 nitrogen and oxygen atoms in total. The van der Waals surface area contributed by atoms with Crippen LogP contribution in [0.4, 0.5) is 16.2 Å². The topological polar surface area (TPSA) is 76.4 Å². The van der Waals surface area contributed by atoms with Gasteiger partial charge in [-0.05, 0) is 49.2 Å². The summed E-state index contributed by atoms with van der Waals surface area (Å²) in [6, 6.07) is 27.2. The van der Waals surface area contributed by atoms with Gasteiger partial charge in [0.1, 0.15) is 0 Å². The Balaban J connectivity index is 1.29. The van der Waals surface area contributed by atoms with Gasteiger partial charge in [0, 0.05) is 64.0 Å². The number of nitrogens with zero attached hydrogens (tertiary/aromatic N) is 5. The molecule has 1 saturated carbocycles. The van der Waals surface area contributed by atoms with Crippen molar-refractivity contribution in [3.8, 4) is 0 Å². The van der Waals surface area contributed by atoms with Crippen LogP contribution in [0.1, 0.15) is 59.6 Å². The SMILES string of the molecule is CN1CCN(C(=O)c2ccc(N3CCN(C(c4ccccc4)c4ccccc4)CC3)c(N(C(N)=O)C3CCCCC3)c2)CC1. The lowest BCUT2D eigenvalue weighted by molar-refractivity contribution is 0.0664. The molecule has 8 heteroatoms. The van der Waals surface area contributed by atoms with Crippen molar-refractivity contribution >= 4 is 23.3 Å². The van der Waals surface area contributed by atoms with Gasteiger partial charge >= 0.3 is 6.03 Å². The second kappa shape index (κ2) is 13.8. The Morgan fingerprint density at radius 2 is 1.34 bits per heavy atom. The molecule has 0 bridgehead atoms. The Morgan fingerprint density at radius 1 is 0.750 bits per heavy atom. The second-order valence-electron chi connectivity index (χ2n) is 12.5. The van der Waals surface area contributed by atoms with E-state index in [0.29, 0.717) is 18.7 Å². The van der Waals surface area contributed by atoms with Crippen molar-refractivity contribution in [3.63, 3.8) is 0 Å². The molecule has 44 heavy (non-hydrogen) atoms. The van der Waals surface area contributed by atoms with Crippen LogP contribution in [-0.2, 0) is 0 Å². The highest BCUT2D eigenvalue weighted by atomic mass is 16.2. The summed E-state index contributed by atoms with van der Waals surface area (Å²) in [5.74, 6) is 0.0253. The van der Waals surface area contributed by atoms with Gasteiger partial charge in [0.15, 0.2) is 0 Å². The zero-order valence-corrected chi connectivity index (χ0v) is 26.0. The van der Waals surface area contributed by atoms with Gasteiger partial charge in [0.05, 0.1) is 17.4 Å². The molecule has 0 unspecified atom stereocenters. The lowest BCUT2D eigenvalue weighted by atomic mass is 9.93. The minimum atomic E-state index is -0.436. The highest BCUT2D eigenvalue weighted by molar-refractivity contribution is 6.00. The number of primary amides is 1. The number of benzene rings is 3. The van der Waals surface area contributed by atoms with E-state index < -0.39 is 6.03 Å². The van der Waals surface area contributed by atoms with Crippen LogP contribution >= 0.6 is 0 Å². The minimum Gasteiger partial charge on any atom is -0.367 e. The van der Waals surface area contributed by atoms with Gasteiger partial charge in [-0.3, -0.25) is 14.6 Å². The van der Waals surface area contributed by atoms with Crippen molar-refractivity contribution in [1.82, 2.24) is 14.7 Å². The fourth-order valence-electron chi connectivity index (χ4n) is 7.25. The summed E-state index contributed by atoms with van der Waals surface area (Å²) in [7, 11) is 2.09. The molecule has 1 aliphatic carbocycles. The minimum absolute atomic E-state index is 0.0253. The summed E-state index contributed by atoms with van der Waals surface area (Å²) in [4.78, 5) is 37.7. The maximum atomic E-state index is 13.7. The molecular weight excluding hydrogens is 548 g/mol. The normalized spacial score (nSPS) is 18.9. The van der Waals surface area contributed by atoms with Crippen LogP contribution < -0.4 is 15.5 Å². The van der Waals surface area contributed by atoms with E-state index in [4.69, 9.17) is 5.73 Å². The summed E-state index contributed by atoms with van der Waals surface area (Å²) in [5.41, 5.74) is 11.1. The molecular formula is C36H46N6O2. The van der Waals surface area contributed by atoms with Gasteiger partial charge < -0.3 is 20.4 Å². The van der Waals surface area contributed by atoms with Crippen molar-refractivity contribution in [2.24, 2.45) is 5.73 Å². The van der Waals surface area contributed by atoms with Crippen LogP contribution in [0.2, 0.25) is 0 Å². The van der Waals surface area contributed by atoms with Crippen molar-refractivity contribution in [2.45, 2.75) is 44.2 Å². The Labute approximate surface area is 262 Å². The molecule has 232 valence electrons. The quantitative estimate of drug-likeness (QED) is 0.407. The van der Waals surface area contributed by atoms with Crippen molar-refractivity contribution in [1.29, 1.82) is 0 Å². The number of amides is 3. The summed E-state index contributed by atoms with van der Waals surface area (Å²) < 4.78 is 0. The number of urea groups is 1. The average Bonchev–Trinajstić information content (AvgIpc) is 3.07. The third kappa shape index (κ3) is 6.61. The third-order valence-corrected chi connectivity index (χ3v) is 9.70. The predicted molar refractivity (Wildman–Crippen MR) is 177 cm³/mol. The molecule has 3 amide bonds. The molecule has 0 radical (unpaired) electrons. The van der Waals surface area contributed by atoms with E-state index >= 15 is 0 Å². The fourth-order valence-corrected chi connectivity index (χ4v) is 7.25. The molecule has 2 aliphatic heterocycles. The largest absolute Gasteiger partial charge is 0.367 e. The standard InChI is InChI=1S/C36H46N6O2/c1-38-19-21-41(22-20-38)35(43)30-17-18-32(33(27-30)42(36(37)44)31-15-9-4-10-16-31)39-23-25-40(26-24-39)34(28-11-5-2-6-12-28)29-13-7-3-8-14-29/h2-3,5-8,11-14,17-18,27,31,34H,4,9-10,15-16,19-26H2,1H3,(H2,37,44). The average molecular weight is 595 g/mol. The number of nitrogens with two attached hydrogens (primary N) is 1. The van der Waals surface area contributed by atoms with E-state index in [0.717, 1.165) is 76.3 Å². The first kappa shape index (κ1) is 30.2. The summed E-state index contributed by atoms with van der Waals surface area (Å²) >= 11 is 0. The first-order valence-corrected chi connectivity index (χ1v) is 16.3.